The molecule has 0 aliphatic carbocycles. The van der Waals surface area contributed by atoms with E-state index in [1.54, 1.807) is 31.9 Å². The highest BCUT2D eigenvalue weighted by molar-refractivity contribution is 6.09. The standard InChI is InChI=1S/C19H25NO4/c1-5-6-11-20-16(13-9-7-8-10-14(13)24-4)15(17(21)12(2)3)18(22)19(20)23/h7-10,12,16,22H,5-6,11H2,1-4H3. The Morgan fingerprint density at radius 3 is 2.58 bits per heavy atom. The van der Waals surface area contributed by atoms with Crippen molar-refractivity contribution < 1.29 is 19.4 Å². The lowest BCUT2D eigenvalue weighted by atomic mass is 9.91. The summed E-state index contributed by atoms with van der Waals surface area (Å²) < 4.78 is 5.42. The average molecular weight is 331 g/mol. The Hall–Kier alpha value is -2.30. The van der Waals surface area contributed by atoms with Crippen molar-refractivity contribution in [3.8, 4) is 5.75 Å². The average Bonchev–Trinajstić information content (AvgIpc) is 2.83. The van der Waals surface area contributed by atoms with Gasteiger partial charge in [0.05, 0.1) is 18.7 Å². The summed E-state index contributed by atoms with van der Waals surface area (Å²) in [7, 11) is 1.56. The number of rotatable bonds is 7. The van der Waals surface area contributed by atoms with Gasteiger partial charge in [-0.15, -0.1) is 0 Å². The van der Waals surface area contributed by atoms with Gasteiger partial charge in [0.15, 0.2) is 11.5 Å². The van der Waals surface area contributed by atoms with Crippen molar-refractivity contribution in [2.24, 2.45) is 5.92 Å². The quantitative estimate of drug-likeness (QED) is 0.831. The first-order valence-corrected chi connectivity index (χ1v) is 8.35. The molecule has 5 nitrogen and oxygen atoms in total. The molecule has 0 fully saturated rings. The second-order valence-electron chi connectivity index (χ2n) is 6.28. The van der Waals surface area contributed by atoms with Crippen LogP contribution < -0.4 is 4.74 Å². The van der Waals surface area contributed by atoms with E-state index in [4.69, 9.17) is 4.74 Å². The van der Waals surface area contributed by atoms with Crippen molar-refractivity contribution >= 4 is 11.7 Å². The van der Waals surface area contributed by atoms with Crippen LogP contribution >= 0.6 is 0 Å². The predicted molar refractivity (Wildman–Crippen MR) is 91.9 cm³/mol. The van der Waals surface area contributed by atoms with Crippen molar-refractivity contribution in [2.75, 3.05) is 13.7 Å². The number of amides is 1. The summed E-state index contributed by atoms with van der Waals surface area (Å²) in [5.74, 6) is -0.835. The highest BCUT2D eigenvalue weighted by atomic mass is 16.5. The van der Waals surface area contributed by atoms with Gasteiger partial charge in [-0.2, -0.15) is 0 Å². The molecule has 1 aromatic carbocycles. The number of aliphatic hydroxyl groups is 1. The molecule has 1 aromatic rings. The summed E-state index contributed by atoms with van der Waals surface area (Å²) in [4.78, 5) is 26.8. The highest BCUT2D eigenvalue weighted by Crippen LogP contribution is 2.42. The largest absolute Gasteiger partial charge is 0.503 e. The molecule has 0 aromatic heterocycles. The molecule has 2 rings (SSSR count). The van der Waals surface area contributed by atoms with Crippen molar-refractivity contribution in [3.63, 3.8) is 0 Å². The molecule has 5 heteroatoms. The first-order valence-electron chi connectivity index (χ1n) is 8.35. The first kappa shape index (κ1) is 18.0. The molecule has 0 saturated heterocycles. The van der Waals surface area contributed by atoms with Gasteiger partial charge in [-0.3, -0.25) is 9.59 Å². The topological polar surface area (TPSA) is 66.8 Å². The Morgan fingerprint density at radius 1 is 1.33 bits per heavy atom. The fourth-order valence-corrected chi connectivity index (χ4v) is 2.99. The molecule has 24 heavy (non-hydrogen) atoms. The summed E-state index contributed by atoms with van der Waals surface area (Å²) in [6.45, 7) is 6.05. The van der Waals surface area contributed by atoms with Crippen molar-refractivity contribution in [2.45, 2.75) is 39.7 Å². The van der Waals surface area contributed by atoms with Crippen LogP contribution in [0.3, 0.4) is 0 Å². The van der Waals surface area contributed by atoms with E-state index in [2.05, 4.69) is 0 Å². The number of para-hydroxylation sites is 1. The highest BCUT2D eigenvalue weighted by Gasteiger charge is 2.44. The number of ketones is 1. The number of aliphatic hydroxyl groups excluding tert-OH is 1. The minimum atomic E-state index is -0.602. The van der Waals surface area contributed by atoms with Crippen LogP contribution in [0, 0.1) is 5.92 Å². The molecule has 1 N–H and O–H groups in total. The van der Waals surface area contributed by atoms with Gasteiger partial charge < -0.3 is 14.7 Å². The van der Waals surface area contributed by atoms with E-state index in [0.717, 1.165) is 18.4 Å². The zero-order chi connectivity index (χ0) is 17.9. The number of nitrogens with zero attached hydrogens (tertiary/aromatic N) is 1. The van der Waals surface area contributed by atoms with Gasteiger partial charge in [0.25, 0.3) is 5.91 Å². The van der Waals surface area contributed by atoms with Crippen LogP contribution in [0.1, 0.15) is 45.2 Å². The lowest BCUT2D eigenvalue weighted by Gasteiger charge is -2.28. The normalized spacial score (nSPS) is 17.8. The number of hydrogen-bond donors (Lipinski definition) is 1. The summed E-state index contributed by atoms with van der Waals surface area (Å²) in [6, 6.07) is 6.71. The Morgan fingerprint density at radius 2 is 2.00 bits per heavy atom. The molecule has 0 bridgehead atoms. The Kier molecular flexibility index (Phi) is 5.65. The minimum absolute atomic E-state index is 0.176. The summed E-state index contributed by atoms with van der Waals surface area (Å²) in [6.07, 6.45) is 1.71. The van der Waals surface area contributed by atoms with Gasteiger partial charge in [0, 0.05) is 18.0 Å². The fraction of sp³-hybridized carbons (Fsp3) is 0.474. The Bertz CT molecular complexity index is 663. The minimum Gasteiger partial charge on any atom is -0.503 e. The molecule has 130 valence electrons. The van der Waals surface area contributed by atoms with Crippen LogP contribution in [0.5, 0.6) is 5.75 Å². The zero-order valence-corrected chi connectivity index (χ0v) is 14.7. The number of ether oxygens (including phenoxy) is 1. The maximum atomic E-state index is 12.7. The van der Waals surface area contributed by atoms with E-state index >= 15 is 0 Å². The molecule has 1 unspecified atom stereocenters. The molecule has 0 saturated carbocycles. The molecule has 1 atom stereocenters. The van der Waals surface area contributed by atoms with E-state index in [9.17, 15) is 14.7 Å². The SMILES string of the molecule is CCCCN1C(=O)C(O)=C(C(=O)C(C)C)C1c1ccccc1OC. The predicted octanol–water partition coefficient (Wildman–Crippen LogP) is 3.42. The third-order valence-electron chi connectivity index (χ3n) is 4.28. The second-order valence-corrected chi connectivity index (χ2v) is 6.28. The third kappa shape index (κ3) is 3.16. The second kappa shape index (κ2) is 7.51. The van der Waals surface area contributed by atoms with E-state index < -0.39 is 17.7 Å². The van der Waals surface area contributed by atoms with Crippen LogP contribution in [-0.2, 0) is 9.59 Å². The van der Waals surface area contributed by atoms with E-state index in [0.29, 0.717) is 12.3 Å². The lowest BCUT2D eigenvalue weighted by Crippen LogP contribution is -2.32. The Labute approximate surface area is 142 Å². The van der Waals surface area contributed by atoms with E-state index in [1.807, 2.05) is 25.1 Å². The molecular formula is C19H25NO4. The maximum Gasteiger partial charge on any atom is 0.290 e. The monoisotopic (exact) mass is 331 g/mol. The zero-order valence-electron chi connectivity index (χ0n) is 14.7. The van der Waals surface area contributed by atoms with Gasteiger partial charge in [-0.05, 0) is 12.5 Å². The molecule has 0 radical (unpaired) electrons. The molecule has 1 aliphatic rings. The van der Waals surface area contributed by atoms with Crippen LogP contribution in [-0.4, -0.2) is 35.4 Å². The fourth-order valence-electron chi connectivity index (χ4n) is 2.99. The van der Waals surface area contributed by atoms with Gasteiger partial charge in [0.1, 0.15) is 5.75 Å². The van der Waals surface area contributed by atoms with E-state index in [-0.39, 0.29) is 17.3 Å². The summed E-state index contributed by atoms with van der Waals surface area (Å²) >= 11 is 0. The van der Waals surface area contributed by atoms with Gasteiger partial charge in [-0.25, -0.2) is 0 Å². The number of methoxy groups -OCH3 is 1. The molecule has 1 amide bonds. The van der Waals surface area contributed by atoms with Crippen LogP contribution in [0.2, 0.25) is 0 Å². The number of hydrogen-bond acceptors (Lipinski definition) is 4. The van der Waals surface area contributed by atoms with E-state index in [1.165, 1.54) is 0 Å². The van der Waals surface area contributed by atoms with Crippen molar-refractivity contribution in [3.05, 3.63) is 41.2 Å². The summed E-state index contributed by atoms with van der Waals surface area (Å²) in [5, 5.41) is 10.4. The smallest absolute Gasteiger partial charge is 0.290 e. The molecule has 1 aliphatic heterocycles. The van der Waals surface area contributed by atoms with Crippen molar-refractivity contribution in [1.82, 2.24) is 4.90 Å². The van der Waals surface area contributed by atoms with Crippen molar-refractivity contribution in [1.29, 1.82) is 0 Å². The molecule has 1 heterocycles. The number of unbranched alkanes of at least 4 members (excludes halogenated alkanes) is 1. The molecular weight excluding hydrogens is 306 g/mol. The number of Topliss-reactive ketones (excluding diaryl/α,β-unsaturated/α-hetero) is 1. The third-order valence-corrected chi connectivity index (χ3v) is 4.28. The van der Waals surface area contributed by atoms with Crippen LogP contribution in [0.4, 0.5) is 0 Å². The lowest BCUT2D eigenvalue weighted by molar-refractivity contribution is -0.129. The van der Waals surface area contributed by atoms with Crippen LogP contribution in [0.25, 0.3) is 0 Å². The first-order chi connectivity index (χ1) is 11.4. The summed E-state index contributed by atoms with van der Waals surface area (Å²) in [5.41, 5.74) is 0.896. The van der Waals surface area contributed by atoms with Gasteiger partial charge in [0.2, 0.25) is 0 Å². The van der Waals surface area contributed by atoms with Crippen LogP contribution in [0.15, 0.2) is 35.6 Å². The maximum absolute atomic E-state index is 12.7. The number of benzene rings is 1. The number of carbonyl (C=O) groups excluding carboxylic acids is 2. The van der Waals surface area contributed by atoms with Gasteiger partial charge >= 0.3 is 0 Å². The van der Waals surface area contributed by atoms with Gasteiger partial charge in [-0.1, -0.05) is 45.4 Å². The number of carbonyl (C=O) groups is 2. The Balaban J connectivity index is 2.58. The molecule has 0 spiro atoms.